The molecule has 0 saturated carbocycles. The molecule has 18 heavy (non-hydrogen) atoms. The average Bonchev–Trinajstić information content (AvgIpc) is 2.41. The van der Waals surface area contributed by atoms with Crippen molar-refractivity contribution in [1.82, 2.24) is 0 Å². The fourth-order valence-electron chi connectivity index (χ4n) is 1.84. The van der Waals surface area contributed by atoms with E-state index in [0.717, 1.165) is 23.5 Å². The van der Waals surface area contributed by atoms with Gasteiger partial charge in [0.25, 0.3) is 0 Å². The molecule has 0 aliphatic rings. The molecule has 0 bridgehead atoms. The molecule has 0 unspecified atom stereocenters. The topological polar surface area (TPSA) is 9.23 Å². The normalized spacial score (nSPS) is 10.3. The number of rotatable bonds is 5. The first kappa shape index (κ1) is 12.7. The lowest BCUT2D eigenvalue weighted by molar-refractivity contribution is 0.480. The highest BCUT2D eigenvalue weighted by molar-refractivity contribution is 5.39. The molecule has 0 fully saturated rings. The van der Waals surface area contributed by atoms with Crippen LogP contribution >= 0.6 is 0 Å². The Morgan fingerprint density at radius 3 is 2.39 bits per heavy atom. The fraction of sp³-hybridized carbons (Fsp3) is 0.235. The monoisotopic (exact) mass is 239 g/mol. The Labute approximate surface area is 109 Å². The van der Waals surface area contributed by atoms with E-state index in [9.17, 15) is 0 Å². The summed E-state index contributed by atoms with van der Waals surface area (Å²) in [6, 6.07) is 16.1. The molecule has 1 nitrogen and oxygen atoms in total. The SMILES string of the molecule is [CH2]c1ccccc1Oc1ccc(CCCC)cc1. The number of ether oxygens (including phenoxy) is 1. The molecule has 2 rings (SSSR count). The maximum absolute atomic E-state index is 5.81. The van der Waals surface area contributed by atoms with Gasteiger partial charge in [0.05, 0.1) is 0 Å². The average molecular weight is 239 g/mol. The van der Waals surface area contributed by atoms with Crippen molar-refractivity contribution in [3.63, 3.8) is 0 Å². The van der Waals surface area contributed by atoms with Crippen molar-refractivity contribution in [2.75, 3.05) is 0 Å². The molecule has 2 aromatic carbocycles. The molecule has 93 valence electrons. The standard InChI is InChI=1S/C17H19O/c1-3-4-8-15-10-12-16(13-11-15)18-17-9-6-5-7-14(17)2/h5-7,9-13H,2-4,8H2,1H3. The van der Waals surface area contributed by atoms with Gasteiger partial charge in [-0.15, -0.1) is 0 Å². The molecule has 0 aromatic heterocycles. The van der Waals surface area contributed by atoms with Crippen LogP contribution in [0.5, 0.6) is 11.5 Å². The molecule has 0 heterocycles. The van der Waals surface area contributed by atoms with Gasteiger partial charge in [0.15, 0.2) is 0 Å². The van der Waals surface area contributed by atoms with Crippen LogP contribution in [-0.2, 0) is 6.42 Å². The van der Waals surface area contributed by atoms with Crippen molar-refractivity contribution in [2.45, 2.75) is 26.2 Å². The Bertz CT molecular complexity index is 485. The van der Waals surface area contributed by atoms with Crippen LogP contribution in [0.1, 0.15) is 30.9 Å². The summed E-state index contributed by atoms with van der Waals surface area (Å²) < 4.78 is 5.81. The van der Waals surface area contributed by atoms with Gasteiger partial charge in [-0.1, -0.05) is 43.7 Å². The molecule has 0 atom stereocenters. The lowest BCUT2D eigenvalue weighted by atomic mass is 10.1. The summed E-state index contributed by atoms with van der Waals surface area (Å²) in [5, 5.41) is 0. The van der Waals surface area contributed by atoms with Crippen LogP contribution in [0, 0.1) is 6.92 Å². The lowest BCUT2D eigenvalue weighted by Gasteiger charge is -2.08. The van der Waals surface area contributed by atoms with Crippen molar-refractivity contribution in [1.29, 1.82) is 0 Å². The minimum atomic E-state index is 0.818. The number of benzene rings is 2. The second-order valence-corrected chi connectivity index (χ2v) is 4.46. The lowest BCUT2D eigenvalue weighted by Crippen LogP contribution is -1.88. The molecule has 0 aliphatic heterocycles. The molecule has 0 spiro atoms. The van der Waals surface area contributed by atoms with Gasteiger partial charge in [0.2, 0.25) is 0 Å². The minimum absolute atomic E-state index is 0.818. The van der Waals surface area contributed by atoms with E-state index in [1.54, 1.807) is 0 Å². The van der Waals surface area contributed by atoms with Gasteiger partial charge >= 0.3 is 0 Å². The highest BCUT2D eigenvalue weighted by Gasteiger charge is 2.00. The number of hydrogen-bond acceptors (Lipinski definition) is 1. The van der Waals surface area contributed by atoms with E-state index < -0.39 is 0 Å². The first-order chi connectivity index (χ1) is 8.79. The van der Waals surface area contributed by atoms with Crippen molar-refractivity contribution < 1.29 is 4.74 Å². The third-order valence-electron chi connectivity index (χ3n) is 2.94. The third-order valence-corrected chi connectivity index (χ3v) is 2.94. The number of para-hydroxylation sites is 1. The summed E-state index contributed by atoms with van der Waals surface area (Å²) in [7, 11) is 0. The van der Waals surface area contributed by atoms with E-state index in [0.29, 0.717) is 0 Å². The number of unbranched alkanes of at least 4 members (excludes halogenated alkanes) is 1. The van der Waals surface area contributed by atoms with Crippen molar-refractivity contribution in [3.8, 4) is 11.5 Å². The molecular weight excluding hydrogens is 220 g/mol. The van der Waals surface area contributed by atoms with E-state index in [1.165, 1.54) is 18.4 Å². The molecule has 0 aliphatic carbocycles. The Morgan fingerprint density at radius 1 is 1.00 bits per heavy atom. The molecule has 2 aromatic rings. The molecule has 1 heteroatoms. The summed E-state index contributed by atoms with van der Waals surface area (Å²) in [6.07, 6.45) is 3.61. The molecule has 0 N–H and O–H groups in total. The minimum Gasteiger partial charge on any atom is -0.457 e. The zero-order valence-electron chi connectivity index (χ0n) is 10.9. The summed E-state index contributed by atoms with van der Waals surface area (Å²) in [5.41, 5.74) is 2.28. The van der Waals surface area contributed by atoms with Crippen molar-refractivity contribution in [2.24, 2.45) is 0 Å². The second-order valence-electron chi connectivity index (χ2n) is 4.46. The Kier molecular flexibility index (Phi) is 4.40. The van der Waals surface area contributed by atoms with Crippen LogP contribution in [-0.4, -0.2) is 0 Å². The smallest absolute Gasteiger partial charge is 0.130 e. The third kappa shape index (κ3) is 3.36. The van der Waals surface area contributed by atoms with Gasteiger partial charge in [-0.05, 0) is 49.1 Å². The molecule has 1 radical (unpaired) electrons. The summed E-state index contributed by atoms with van der Waals surface area (Å²) >= 11 is 0. The van der Waals surface area contributed by atoms with E-state index in [4.69, 9.17) is 4.74 Å². The van der Waals surface area contributed by atoms with Gasteiger partial charge in [0.1, 0.15) is 11.5 Å². The number of aryl methyl sites for hydroxylation is 1. The largest absolute Gasteiger partial charge is 0.457 e. The summed E-state index contributed by atoms with van der Waals surface area (Å²) in [6.45, 7) is 6.16. The van der Waals surface area contributed by atoms with E-state index in [-0.39, 0.29) is 0 Å². The van der Waals surface area contributed by atoms with Crippen molar-refractivity contribution in [3.05, 3.63) is 66.6 Å². The predicted molar refractivity (Wildman–Crippen MR) is 76.0 cm³/mol. The van der Waals surface area contributed by atoms with Crippen LogP contribution in [0.25, 0.3) is 0 Å². The van der Waals surface area contributed by atoms with Crippen molar-refractivity contribution >= 4 is 0 Å². The highest BCUT2D eigenvalue weighted by Crippen LogP contribution is 2.24. The van der Waals surface area contributed by atoms with Gasteiger partial charge in [0, 0.05) is 0 Å². The van der Waals surface area contributed by atoms with Crippen LogP contribution < -0.4 is 4.74 Å². The Morgan fingerprint density at radius 2 is 1.72 bits per heavy atom. The highest BCUT2D eigenvalue weighted by atomic mass is 16.5. The Balaban J connectivity index is 2.04. The number of hydrogen-bond donors (Lipinski definition) is 0. The maximum atomic E-state index is 5.81. The molecular formula is C17H19O. The molecule has 0 amide bonds. The first-order valence-corrected chi connectivity index (χ1v) is 6.47. The van der Waals surface area contributed by atoms with E-state index >= 15 is 0 Å². The van der Waals surface area contributed by atoms with Crippen LogP contribution in [0.4, 0.5) is 0 Å². The fourth-order valence-corrected chi connectivity index (χ4v) is 1.84. The zero-order chi connectivity index (χ0) is 12.8. The summed E-state index contributed by atoms with van der Waals surface area (Å²) in [5.74, 6) is 1.69. The van der Waals surface area contributed by atoms with Crippen LogP contribution in [0.15, 0.2) is 48.5 Å². The predicted octanol–water partition coefficient (Wildman–Crippen LogP) is 5.00. The second kappa shape index (κ2) is 6.25. The summed E-state index contributed by atoms with van der Waals surface area (Å²) in [4.78, 5) is 0. The van der Waals surface area contributed by atoms with Gasteiger partial charge < -0.3 is 4.74 Å². The first-order valence-electron chi connectivity index (χ1n) is 6.47. The van der Waals surface area contributed by atoms with Gasteiger partial charge in [-0.2, -0.15) is 0 Å². The van der Waals surface area contributed by atoms with E-state index in [1.807, 2.05) is 36.4 Å². The van der Waals surface area contributed by atoms with Gasteiger partial charge in [-0.25, -0.2) is 0 Å². The quantitative estimate of drug-likeness (QED) is 0.713. The van der Waals surface area contributed by atoms with E-state index in [2.05, 4.69) is 26.0 Å². The molecule has 0 saturated heterocycles. The van der Waals surface area contributed by atoms with Gasteiger partial charge in [-0.3, -0.25) is 0 Å². The maximum Gasteiger partial charge on any atom is 0.130 e. The Hall–Kier alpha value is -1.76. The van der Waals surface area contributed by atoms with Crippen LogP contribution in [0.3, 0.4) is 0 Å². The van der Waals surface area contributed by atoms with Crippen LogP contribution in [0.2, 0.25) is 0 Å². The zero-order valence-corrected chi connectivity index (χ0v) is 10.9.